The number of carbonyl (C=O) groups excluding carboxylic acids is 1. The molecule has 86 valence electrons. The summed E-state index contributed by atoms with van der Waals surface area (Å²) in [4.78, 5) is 13.9. The maximum absolute atomic E-state index is 12.0. The van der Waals surface area contributed by atoms with Crippen LogP contribution in [0.2, 0.25) is 0 Å². The third-order valence-corrected chi connectivity index (χ3v) is 3.90. The molecule has 1 aliphatic carbocycles. The number of hydrogen-bond donors (Lipinski definition) is 0. The van der Waals surface area contributed by atoms with E-state index in [9.17, 15) is 4.79 Å². The minimum Gasteiger partial charge on any atom is -0.444 e. The van der Waals surface area contributed by atoms with Gasteiger partial charge in [0.15, 0.2) is 0 Å². The van der Waals surface area contributed by atoms with Gasteiger partial charge in [0.05, 0.1) is 5.37 Å². The monoisotopic (exact) mass is 229 g/mol. The predicted octanol–water partition coefficient (Wildman–Crippen LogP) is 2.70. The Balaban J connectivity index is 1.99. The van der Waals surface area contributed by atoms with Crippen molar-refractivity contribution in [3.8, 4) is 0 Å². The van der Waals surface area contributed by atoms with Crippen LogP contribution in [0.5, 0.6) is 0 Å². The Labute approximate surface area is 95.5 Å². The third kappa shape index (κ3) is 2.25. The Morgan fingerprint density at radius 3 is 2.60 bits per heavy atom. The fourth-order valence-electron chi connectivity index (χ4n) is 2.19. The van der Waals surface area contributed by atoms with E-state index in [2.05, 4.69) is 6.26 Å². The number of nitrogens with zero attached hydrogens (tertiary/aromatic N) is 1. The molecule has 0 radical (unpaired) electrons. The highest BCUT2D eigenvalue weighted by molar-refractivity contribution is 7.99. The zero-order chi connectivity index (χ0) is 11.2. The number of rotatable bonds is 1. The van der Waals surface area contributed by atoms with Gasteiger partial charge in [-0.05, 0) is 45.8 Å². The topological polar surface area (TPSA) is 29.5 Å². The molecule has 2 aliphatic rings. The Morgan fingerprint density at radius 1 is 1.40 bits per heavy atom. The number of piperidine rings is 1. The van der Waals surface area contributed by atoms with E-state index < -0.39 is 0 Å². The molecule has 2 rings (SSSR count). The molecule has 0 N–H and O–H groups in total. The molecule has 4 heteroatoms. The molecule has 1 amide bonds. The first-order chi connectivity index (χ1) is 6.92. The maximum atomic E-state index is 12.0. The Kier molecular flexibility index (Phi) is 2.65. The van der Waals surface area contributed by atoms with Crippen molar-refractivity contribution in [1.29, 1.82) is 0 Å². The Morgan fingerprint density at radius 2 is 2.07 bits per heavy atom. The van der Waals surface area contributed by atoms with Gasteiger partial charge in [0, 0.05) is 6.04 Å². The Hall–Kier alpha value is -0.380. The average molecular weight is 229 g/mol. The summed E-state index contributed by atoms with van der Waals surface area (Å²) in [6, 6.07) is 0.470. The molecule has 3 nitrogen and oxygen atoms in total. The highest BCUT2D eigenvalue weighted by Crippen LogP contribution is 2.50. The van der Waals surface area contributed by atoms with Gasteiger partial charge in [-0.3, -0.25) is 4.90 Å². The summed E-state index contributed by atoms with van der Waals surface area (Å²) in [7, 11) is 0. The van der Waals surface area contributed by atoms with Crippen molar-refractivity contribution in [3.63, 3.8) is 0 Å². The Bertz CT molecular complexity index is 274. The molecule has 0 bridgehead atoms. The fraction of sp³-hybridized carbons (Fsp3) is 0.909. The van der Waals surface area contributed by atoms with Gasteiger partial charge in [-0.1, -0.05) is 0 Å². The normalized spacial score (nSPS) is 33.9. The molecule has 0 aromatic rings. The van der Waals surface area contributed by atoms with Gasteiger partial charge in [-0.25, -0.2) is 4.79 Å². The van der Waals surface area contributed by atoms with Gasteiger partial charge in [0.25, 0.3) is 0 Å². The summed E-state index contributed by atoms with van der Waals surface area (Å²) in [5.74, 6) is 0.745. The standard InChI is InChI=1S/C11H19NO2S/c1-11(2,3)14-10(13)12-8-5-7(8)6-9(12)15-4/h7-9H,5-6H2,1-4H3/t7-,8-,9+/m1/s1. The molecule has 2 fully saturated rings. The number of likely N-dealkylation sites (tertiary alicyclic amines) is 1. The summed E-state index contributed by atoms with van der Waals surface area (Å²) in [6.07, 6.45) is 4.25. The number of hydrogen-bond acceptors (Lipinski definition) is 3. The van der Waals surface area contributed by atoms with Crippen LogP contribution in [0.1, 0.15) is 33.6 Å². The summed E-state index contributed by atoms with van der Waals surface area (Å²) in [5.41, 5.74) is -0.382. The lowest BCUT2D eigenvalue weighted by Gasteiger charge is -2.29. The smallest absolute Gasteiger partial charge is 0.411 e. The fourth-order valence-corrected chi connectivity index (χ4v) is 3.10. The van der Waals surface area contributed by atoms with Crippen LogP contribution >= 0.6 is 11.8 Å². The first kappa shape index (κ1) is 11.1. The van der Waals surface area contributed by atoms with E-state index in [0.717, 1.165) is 12.3 Å². The largest absolute Gasteiger partial charge is 0.444 e. The average Bonchev–Trinajstić information content (AvgIpc) is 2.73. The lowest BCUT2D eigenvalue weighted by atomic mass is 10.2. The van der Waals surface area contributed by atoms with E-state index in [1.165, 1.54) is 6.42 Å². The van der Waals surface area contributed by atoms with Crippen molar-refractivity contribution in [2.24, 2.45) is 5.92 Å². The summed E-state index contributed by atoms with van der Waals surface area (Å²) in [5, 5.41) is 0.337. The van der Waals surface area contributed by atoms with Gasteiger partial charge >= 0.3 is 6.09 Å². The van der Waals surface area contributed by atoms with Gasteiger partial charge in [-0.15, -0.1) is 11.8 Å². The lowest BCUT2D eigenvalue weighted by Crippen LogP contribution is -2.40. The number of carbonyl (C=O) groups is 1. The van der Waals surface area contributed by atoms with Crippen molar-refractivity contribution >= 4 is 17.9 Å². The zero-order valence-corrected chi connectivity index (χ0v) is 10.6. The van der Waals surface area contributed by atoms with Crippen molar-refractivity contribution in [3.05, 3.63) is 0 Å². The predicted molar refractivity (Wildman–Crippen MR) is 61.9 cm³/mol. The minimum absolute atomic E-state index is 0.133. The summed E-state index contributed by atoms with van der Waals surface area (Å²) < 4.78 is 5.42. The molecule has 0 aromatic carbocycles. The second kappa shape index (κ2) is 3.58. The van der Waals surface area contributed by atoms with Gasteiger partial charge in [0.1, 0.15) is 5.60 Å². The molecule has 0 spiro atoms. The first-order valence-corrected chi connectivity index (χ1v) is 6.75. The van der Waals surface area contributed by atoms with E-state index in [0.29, 0.717) is 11.4 Å². The molecular weight excluding hydrogens is 210 g/mol. The van der Waals surface area contributed by atoms with Crippen LogP contribution in [-0.2, 0) is 4.74 Å². The highest BCUT2D eigenvalue weighted by atomic mass is 32.2. The molecule has 1 aliphatic heterocycles. The second-order valence-corrected chi connectivity index (χ2v) is 6.39. The van der Waals surface area contributed by atoms with E-state index >= 15 is 0 Å². The van der Waals surface area contributed by atoms with Crippen LogP contribution in [0, 0.1) is 5.92 Å². The third-order valence-electron chi connectivity index (χ3n) is 2.93. The number of thioether (sulfide) groups is 1. The molecule has 3 atom stereocenters. The van der Waals surface area contributed by atoms with E-state index in [-0.39, 0.29) is 11.7 Å². The lowest BCUT2D eigenvalue weighted by molar-refractivity contribution is 0.0244. The van der Waals surface area contributed by atoms with E-state index in [4.69, 9.17) is 4.74 Å². The van der Waals surface area contributed by atoms with Crippen LogP contribution in [0.4, 0.5) is 4.79 Å². The van der Waals surface area contributed by atoms with Gasteiger partial charge in [-0.2, -0.15) is 0 Å². The van der Waals surface area contributed by atoms with Gasteiger partial charge in [0.2, 0.25) is 0 Å². The van der Waals surface area contributed by atoms with Crippen LogP contribution in [0.25, 0.3) is 0 Å². The van der Waals surface area contributed by atoms with Crippen molar-refractivity contribution in [2.75, 3.05) is 6.26 Å². The summed E-state index contributed by atoms with van der Waals surface area (Å²) >= 11 is 1.75. The SMILES string of the molecule is CS[C@H]1C[C@H]2C[C@H]2N1C(=O)OC(C)(C)C. The van der Waals surface area contributed by atoms with E-state index in [1.807, 2.05) is 25.7 Å². The molecule has 1 heterocycles. The number of amides is 1. The minimum atomic E-state index is -0.382. The van der Waals surface area contributed by atoms with E-state index in [1.54, 1.807) is 11.8 Å². The number of ether oxygens (including phenoxy) is 1. The van der Waals surface area contributed by atoms with Crippen molar-refractivity contribution in [2.45, 2.75) is 50.6 Å². The molecule has 1 saturated carbocycles. The van der Waals surface area contributed by atoms with Crippen molar-refractivity contribution < 1.29 is 9.53 Å². The van der Waals surface area contributed by atoms with Crippen LogP contribution in [-0.4, -0.2) is 34.3 Å². The first-order valence-electron chi connectivity index (χ1n) is 5.46. The maximum Gasteiger partial charge on any atom is 0.411 e. The van der Waals surface area contributed by atoms with Crippen LogP contribution in [0.3, 0.4) is 0 Å². The van der Waals surface area contributed by atoms with Crippen LogP contribution < -0.4 is 0 Å². The molecule has 1 saturated heterocycles. The highest BCUT2D eigenvalue weighted by Gasteiger charge is 2.54. The van der Waals surface area contributed by atoms with Crippen LogP contribution in [0.15, 0.2) is 0 Å². The van der Waals surface area contributed by atoms with Gasteiger partial charge < -0.3 is 4.74 Å². The zero-order valence-electron chi connectivity index (χ0n) is 9.82. The summed E-state index contributed by atoms with van der Waals surface area (Å²) in [6.45, 7) is 5.75. The molecular formula is C11H19NO2S. The molecule has 0 aromatic heterocycles. The van der Waals surface area contributed by atoms with Crippen molar-refractivity contribution in [1.82, 2.24) is 4.90 Å². The second-order valence-electron chi connectivity index (χ2n) is 5.38. The molecule has 0 unspecified atom stereocenters. The molecule has 15 heavy (non-hydrogen) atoms. The quantitative estimate of drug-likeness (QED) is 0.692. The number of fused-ring (bicyclic) bond motifs is 1.